The molecule has 1 N–H and O–H groups in total. The molecule has 2 aromatic carbocycles. The lowest BCUT2D eigenvalue weighted by molar-refractivity contribution is 0.344. The van der Waals surface area contributed by atoms with Crippen molar-refractivity contribution in [3.8, 4) is 5.75 Å². The fourth-order valence-electron chi connectivity index (χ4n) is 1.87. The van der Waals surface area contributed by atoms with Gasteiger partial charge in [-0.15, -0.1) is 0 Å². The van der Waals surface area contributed by atoms with E-state index in [0.717, 1.165) is 5.39 Å². The van der Waals surface area contributed by atoms with Gasteiger partial charge in [0.2, 0.25) is 10.0 Å². The van der Waals surface area contributed by atoms with E-state index >= 15 is 0 Å². The van der Waals surface area contributed by atoms with Crippen LogP contribution in [0.2, 0.25) is 0 Å². The van der Waals surface area contributed by atoms with Gasteiger partial charge >= 0.3 is 0 Å². The van der Waals surface area contributed by atoms with Crippen molar-refractivity contribution >= 4 is 20.8 Å². The van der Waals surface area contributed by atoms with Gasteiger partial charge in [-0.3, -0.25) is 0 Å². The molecule has 0 bridgehead atoms. The summed E-state index contributed by atoms with van der Waals surface area (Å²) >= 11 is 0. The van der Waals surface area contributed by atoms with Crippen molar-refractivity contribution in [1.29, 1.82) is 0 Å². The van der Waals surface area contributed by atoms with Gasteiger partial charge in [-0.1, -0.05) is 24.3 Å². The zero-order valence-corrected chi connectivity index (χ0v) is 11.1. The van der Waals surface area contributed by atoms with E-state index in [4.69, 9.17) is 4.74 Å². The normalized spacial score (nSPS) is 11.7. The first kappa shape index (κ1) is 12.9. The molecule has 0 spiro atoms. The predicted molar refractivity (Wildman–Crippen MR) is 71.4 cm³/mol. The summed E-state index contributed by atoms with van der Waals surface area (Å²) in [5, 5.41) is 1.47. The minimum atomic E-state index is -3.46. The third kappa shape index (κ3) is 2.19. The lowest BCUT2D eigenvalue weighted by Gasteiger charge is -2.11. The summed E-state index contributed by atoms with van der Waals surface area (Å²) < 4.78 is 31.7. The second kappa shape index (κ2) is 4.96. The quantitative estimate of drug-likeness (QED) is 0.921. The Morgan fingerprint density at radius 2 is 1.78 bits per heavy atom. The van der Waals surface area contributed by atoms with E-state index in [2.05, 4.69) is 4.72 Å². The van der Waals surface area contributed by atoms with Gasteiger partial charge in [-0.25, -0.2) is 13.1 Å². The van der Waals surface area contributed by atoms with E-state index in [-0.39, 0.29) is 4.90 Å². The molecule has 0 atom stereocenters. The minimum absolute atomic E-state index is 0.268. The molecule has 5 heteroatoms. The van der Waals surface area contributed by atoms with Gasteiger partial charge in [-0.05, 0) is 26.1 Å². The fraction of sp³-hybridized carbons (Fsp3) is 0.231. The van der Waals surface area contributed by atoms with Crippen molar-refractivity contribution in [3.63, 3.8) is 0 Å². The van der Waals surface area contributed by atoms with Crippen LogP contribution in [0, 0.1) is 0 Å². The Hall–Kier alpha value is -1.59. The van der Waals surface area contributed by atoms with Crippen LogP contribution in [0.1, 0.15) is 6.92 Å². The molecule has 0 amide bonds. The van der Waals surface area contributed by atoms with Crippen LogP contribution < -0.4 is 9.46 Å². The highest BCUT2D eigenvalue weighted by Crippen LogP contribution is 2.30. The summed E-state index contributed by atoms with van der Waals surface area (Å²) in [4.78, 5) is 0.268. The minimum Gasteiger partial charge on any atom is -0.493 e. The molecule has 0 heterocycles. The third-order valence-corrected chi connectivity index (χ3v) is 4.17. The van der Waals surface area contributed by atoms with Crippen LogP contribution in [0.25, 0.3) is 10.8 Å². The second-order valence-corrected chi connectivity index (χ2v) is 5.60. The van der Waals surface area contributed by atoms with E-state index in [1.807, 2.05) is 25.1 Å². The Morgan fingerprint density at radius 3 is 2.39 bits per heavy atom. The number of fused-ring (bicyclic) bond motifs is 1. The van der Waals surface area contributed by atoms with Gasteiger partial charge in [0, 0.05) is 10.8 Å². The first-order valence-corrected chi connectivity index (χ1v) is 7.16. The Balaban J connectivity index is 2.76. The molecule has 0 saturated heterocycles. The average molecular weight is 265 g/mol. The second-order valence-electron chi connectivity index (χ2n) is 3.75. The number of rotatable bonds is 4. The third-order valence-electron chi connectivity index (χ3n) is 2.70. The molecule has 18 heavy (non-hydrogen) atoms. The summed E-state index contributed by atoms with van der Waals surface area (Å²) in [6.45, 7) is 2.44. The summed E-state index contributed by atoms with van der Waals surface area (Å²) in [5.74, 6) is 0.697. The standard InChI is InChI=1S/C13H15NO3S/c1-3-17-12-8-9-13(18(15,16)14-2)11-7-5-4-6-10(11)12/h4-9,14H,3H2,1-2H3. The van der Waals surface area contributed by atoms with E-state index in [1.54, 1.807) is 18.2 Å². The Morgan fingerprint density at radius 1 is 1.11 bits per heavy atom. The fourth-order valence-corrected chi connectivity index (χ4v) is 2.80. The Kier molecular flexibility index (Phi) is 3.54. The van der Waals surface area contributed by atoms with E-state index in [0.29, 0.717) is 17.7 Å². The first-order chi connectivity index (χ1) is 8.60. The number of nitrogens with one attached hydrogen (secondary N) is 1. The predicted octanol–water partition coefficient (Wildman–Crippen LogP) is 2.15. The van der Waals surface area contributed by atoms with Gasteiger partial charge in [0.05, 0.1) is 11.5 Å². The number of hydrogen-bond acceptors (Lipinski definition) is 3. The van der Waals surface area contributed by atoms with Crippen LogP contribution in [-0.2, 0) is 10.0 Å². The molecule has 0 unspecified atom stereocenters. The topological polar surface area (TPSA) is 55.4 Å². The van der Waals surface area contributed by atoms with Crippen LogP contribution in [0.5, 0.6) is 5.75 Å². The Labute approximate surface area is 107 Å². The molecule has 2 rings (SSSR count). The highest BCUT2D eigenvalue weighted by atomic mass is 32.2. The van der Waals surface area contributed by atoms with E-state index in [9.17, 15) is 8.42 Å². The molecule has 0 saturated carbocycles. The van der Waals surface area contributed by atoms with Gasteiger partial charge in [0.15, 0.2) is 0 Å². The van der Waals surface area contributed by atoms with E-state index < -0.39 is 10.0 Å². The van der Waals surface area contributed by atoms with Crippen LogP contribution in [0.15, 0.2) is 41.3 Å². The zero-order valence-electron chi connectivity index (χ0n) is 10.3. The molecule has 0 aliphatic rings. The summed E-state index contributed by atoms with van der Waals surface area (Å²) in [5.41, 5.74) is 0. The lowest BCUT2D eigenvalue weighted by atomic mass is 10.1. The maximum absolute atomic E-state index is 11.9. The molecule has 96 valence electrons. The molecular formula is C13H15NO3S. The first-order valence-electron chi connectivity index (χ1n) is 5.68. The molecule has 0 aliphatic carbocycles. The van der Waals surface area contributed by atoms with Crippen LogP contribution in [0.4, 0.5) is 0 Å². The lowest BCUT2D eigenvalue weighted by Crippen LogP contribution is -2.18. The van der Waals surface area contributed by atoms with Gasteiger partial charge < -0.3 is 4.74 Å². The van der Waals surface area contributed by atoms with Crippen molar-refractivity contribution in [2.45, 2.75) is 11.8 Å². The highest BCUT2D eigenvalue weighted by Gasteiger charge is 2.16. The molecule has 0 fully saturated rings. The number of ether oxygens (including phenoxy) is 1. The number of benzene rings is 2. The van der Waals surface area contributed by atoms with Crippen molar-refractivity contribution in [2.75, 3.05) is 13.7 Å². The van der Waals surface area contributed by atoms with Gasteiger partial charge in [0.25, 0.3) is 0 Å². The largest absolute Gasteiger partial charge is 0.493 e. The van der Waals surface area contributed by atoms with Crippen LogP contribution >= 0.6 is 0 Å². The number of hydrogen-bond donors (Lipinski definition) is 1. The molecule has 0 radical (unpaired) electrons. The van der Waals surface area contributed by atoms with Crippen LogP contribution in [-0.4, -0.2) is 22.1 Å². The molecule has 0 aromatic heterocycles. The highest BCUT2D eigenvalue weighted by molar-refractivity contribution is 7.89. The van der Waals surface area contributed by atoms with E-state index in [1.165, 1.54) is 7.05 Å². The molecular weight excluding hydrogens is 250 g/mol. The summed E-state index contributed by atoms with van der Waals surface area (Å²) in [6, 6.07) is 10.6. The summed E-state index contributed by atoms with van der Waals surface area (Å²) in [7, 11) is -2.06. The Bertz CT molecular complexity index is 665. The molecule has 4 nitrogen and oxygen atoms in total. The monoisotopic (exact) mass is 265 g/mol. The molecule has 2 aromatic rings. The average Bonchev–Trinajstić information content (AvgIpc) is 2.39. The zero-order chi connectivity index (χ0) is 13.2. The summed E-state index contributed by atoms with van der Waals surface area (Å²) in [6.07, 6.45) is 0. The van der Waals surface area contributed by atoms with Gasteiger partial charge in [0.1, 0.15) is 5.75 Å². The maximum Gasteiger partial charge on any atom is 0.240 e. The van der Waals surface area contributed by atoms with Crippen molar-refractivity contribution in [3.05, 3.63) is 36.4 Å². The smallest absolute Gasteiger partial charge is 0.240 e. The van der Waals surface area contributed by atoms with Crippen molar-refractivity contribution < 1.29 is 13.2 Å². The van der Waals surface area contributed by atoms with Crippen LogP contribution in [0.3, 0.4) is 0 Å². The van der Waals surface area contributed by atoms with Crippen molar-refractivity contribution in [1.82, 2.24) is 4.72 Å². The number of sulfonamides is 1. The SMILES string of the molecule is CCOc1ccc(S(=O)(=O)NC)c2ccccc12. The maximum atomic E-state index is 11.9. The van der Waals surface area contributed by atoms with Crippen molar-refractivity contribution in [2.24, 2.45) is 0 Å². The van der Waals surface area contributed by atoms with Gasteiger partial charge in [-0.2, -0.15) is 0 Å². The molecule has 0 aliphatic heterocycles.